The molecule has 1 N–H and O–H groups in total. The molecule has 0 saturated carbocycles. The number of hydrogen-bond donors (Lipinski definition) is 1. The van der Waals surface area contributed by atoms with Gasteiger partial charge in [-0.3, -0.25) is 4.40 Å². The van der Waals surface area contributed by atoms with Crippen molar-refractivity contribution in [3.05, 3.63) is 47.1 Å². The highest BCUT2D eigenvalue weighted by Gasteiger charge is 2.07. The number of benzene rings is 1. The molecule has 2 aromatic heterocycles. The molecular formula is C12H8BrN3O. The highest BCUT2D eigenvalue weighted by molar-refractivity contribution is 9.10. The number of nitrogens with zero attached hydrogens (tertiary/aromatic N) is 3. The predicted molar refractivity (Wildman–Crippen MR) is 67.8 cm³/mol. The fraction of sp³-hybridized carbons (Fsp3) is 0. The molecule has 0 aliphatic heterocycles. The third-order valence-corrected chi connectivity index (χ3v) is 2.99. The summed E-state index contributed by atoms with van der Waals surface area (Å²) >= 11 is 3.39. The van der Waals surface area contributed by atoms with Gasteiger partial charge in [-0.2, -0.15) is 0 Å². The molecule has 5 heteroatoms. The van der Waals surface area contributed by atoms with Gasteiger partial charge in [-0.25, -0.2) is 0 Å². The fourth-order valence-electron chi connectivity index (χ4n) is 1.67. The van der Waals surface area contributed by atoms with Crippen LogP contribution in [0.25, 0.3) is 17.0 Å². The number of aromatic nitrogens is 3. The minimum Gasteiger partial charge on any atom is -0.508 e. The highest BCUT2D eigenvalue weighted by atomic mass is 79.9. The normalized spacial score (nSPS) is 10.9. The number of aromatic hydroxyl groups is 1. The maximum absolute atomic E-state index is 9.25. The molecule has 3 aromatic rings. The van der Waals surface area contributed by atoms with E-state index in [1.54, 1.807) is 12.1 Å². The number of fused-ring (bicyclic) bond motifs is 1. The minimum absolute atomic E-state index is 0.241. The summed E-state index contributed by atoms with van der Waals surface area (Å²) in [6.45, 7) is 0. The van der Waals surface area contributed by atoms with Gasteiger partial charge in [0.05, 0.1) is 0 Å². The van der Waals surface area contributed by atoms with Crippen molar-refractivity contribution < 1.29 is 5.11 Å². The number of rotatable bonds is 1. The lowest BCUT2D eigenvalue weighted by atomic mass is 10.2. The Morgan fingerprint density at radius 3 is 2.59 bits per heavy atom. The molecule has 0 atom stereocenters. The summed E-state index contributed by atoms with van der Waals surface area (Å²) in [6.07, 6.45) is 1.90. The fourth-order valence-corrected chi connectivity index (χ4v) is 2.00. The van der Waals surface area contributed by atoms with E-state index >= 15 is 0 Å². The van der Waals surface area contributed by atoms with Gasteiger partial charge in [0.1, 0.15) is 5.75 Å². The van der Waals surface area contributed by atoms with Gasteiger partial charge >= 0.3 is 0 Å². The topological polar surface area (TPSA) is 50.4 Å². The Labute approximate surface area is 106 Å². The van der Waals surface area contributed by atoms with Crippen molar-refractivity contribution in [1.82, 2.24) is 14.6 Å². The second-order valence-electron chi connectivity index (χ2n) is 3.64. The average Bonchev–Trinajstić information content (AvgIpc) is 2.73. The number of phenolic OH excluding ortho intramolecular Hbond substituents is 1. The number of phenols is 1. The highest BCUT2D eigenvalue weighted by Crippen LogP contribution is 2.22. The van der Waals surface area contributed by atoms with Crippen LogP contribution in [-0.4, -0.2) is 19.7 Å². The molecule has 1 aromatic carbocycles. The zero-order valence-corrected chi connectivity index (χ0v) is 10.3. The summed E-state index contributed by atoms with van der Waals surface area (Å²) in [5.74, 6) is 0.998. The Morgan fingerprint density at radius 2 is 1.82 bits per heavy atom. The van der Waals surface area contributed by atoms with Crippen LogP contribution in [0.5, 0.6) is 5.75 Å². The monoisotopic (exact) mass is 289 g/mol. The molecule has 0 aliphatic carbocycles. The van der Waals surface area contributed by atoms with E-state index in [0.29, 0.717) is 0 Å². The molecule has 0 unspecified atom stereocenters. The molecule has 84 valence electrons. The van der Waals surface area contributed by atoms with Gasteiger partial charge in [-0.05, 0) is 36.4 Å². The van der Waals surface area contributed by atoms with Crippen molar-refractivity contribution in [2.24, 2.45) is 0 Å². The average molecular weight is 290 g/mol. The van der Waals surface area contributed by atoms with Crippen molar-refractivity contribution in [2.45, 2.75) is 0 Å². The molecule has 4 nitrogen and oxygen atoms in total. The van der Waals surface area contributed by atoms with Crippen LogP contribution in [-0.2, 0) is 0 Å². The van der Waals surface area contributed by atoms with E-state index in [0.717, 1.165) is 21.5 Å². The molecule has 3 rings (SSSR count). The van der Waals surface area contributed by atoms with Gasteiger partial charge in [0, 0.05) is 16.2 Å². The second-order valence-corrected chi connectivity index (χ2v) is 4.56. The number of halogens is 1. The van der Waals surface area contributed by atoms with Crippen molar-refractivity contribution in [2.75, 3.05) is 0 Å². The first-order valence-corrected chi connectivity index (χ1v) is 5.83. The first-order chi connectivity index (χ1) is 8.24. The Hall–Kier alpha value is -1.88. The van der Waals surface area contributed by atoms with E-state index in [-0.39, 0.29) is 5.75 Å². The molecule has 0 saturated heterocycles. The summed E-state index contributed by atoms with van der Waals surface area (Å²) in [7, 11) is 0. The lowest BCUT2D eigenvalue weighted by Gasteiger charge is -2.00. The first-order valence-electron chi connectivity index (χ1n) is 5.04. The second kappa shape index (κ2) is 3.85. The summed E-state index contributed by atoms with van der Waals surface area (Å²) in [6, 6.07) is 10.7. The molecule has 0 fully saturated rings. The van der Waals surface area contributed by atoms with E-state index in [9.17, 15) is 5.11 Å². The van der Waals surface area contributed by atoms with E-state index < -0.39 is 0 Å². The Bertz CT molecular complexity index is 676. The molecule has 0 aliphatic rings. The Balaban J connectivity index is 2.21. The molecule has 0 bridgehead atoms. The summed E-state index contributed by atoms with van der Waals surface area (Å²) in [5.41, 5.74) is 1.69. The van der Waals surface area contributed by atoms with Crippen LogP contribution < -0.4 is 0 Å². The molecule has 0 amide bonds. The minimum atomic E-state index is 0.241. The van der Waals surface area contributed by atoms with Crippen LogP contribution >= 0.6 is 15.9 Å². The standard InChI is InChI=1S/C12H8BrN3O/c13-9-5-6-16-11(7-9)14-15-12(16)8-1-3-10(17)4-2-8/h1-7,17H. The summed E-state index contributed by atoms with van der Waals surface area (Å²) in [4.78, 5) is 0. The lowest BCUT2D eigenvalue weighted by Crippen LogP contribution is -1.88. The van der Waals surface area contributed by atoms with Gasteiger partial charge in [0.2, 0.25) is 0 Å². The third-order valence-electron chi connectivity index (χ3n) is 2.50. The molecule has 2 heterocycles. The van der Waals surface area contributed by atoms with Crippen LogP contribution in [0, 0.1) is 0 Å². The number of hydrogen-bond acceptors (Lipinski definition) is 3. The van der Waals surface area contributed by atoms with Crippen molar-refractivity contribution in [3.8, 4) is 17.1 Å². The van der Waals surface area contributed by atoms with Crippen molar-refractivity contribution in [1.29, 1.82) is 0 Å². The van der Waals surface area contributed by atoms with Crippen LogP contribution in [0.4, 0.5) is 0 Å². The van der Waals surface area contributed by atoms with Gasteiger partial charge in [0.15, 0.2) is 11.5 Å². The maximum atomic E-state index is 9.25. The zero-order valence-electron chi connectivity index (χ0n) is 8.71. The Morgan fingerprint density at radius 1 is 1.06 bits per heavy atom. The van der Waals surface area contributed by atoms with Crippen molar-refractivity contribution >= 4 is 21.6 Å². The zero-order chi connectivity index (χ0) is 11.8. The molecule has 0 radical (unpaired) electrons. The summed E-state index contributed by atoms with van der Waals surface area (Å²) < 4.78 is 2.87. The Kier molecular flexibility index (Phi) is 2.33. The summed E-state index contributed by atoms with van der Waals surface area (Å²) in [5, 5.41) is 17.5. The van der Waals surface area contributed by atoms with Gasteiger partial charge in [0.25, 0.3) is 0 Å². The third kappa shape index (κ3) is 1.78. The van der Waals surface area contributed by atoms with Gasteiger partial charge in [-0.1, -0.05) is 15.9 Å². The SMILES string of the molecule is Oc1ccc(-c2nnc3cc(Br)ccn23)cc1. The van der Waals surface area contributed by atoms with E-state index in [1.807, 2.05) is 34.9 Å². The predicted octanol–water partition coefficient (Wildman–Crippen LogP) is 2.86. The molecule has 17 heavy (non-hydrogen) atoms. The van der Waals surface area contributed by atoms with Crippen molar-refractivity contribution in [3.63, 3.8) is 0 Å². The largest absolute Gasteiger partial charge is 0.508 e. The van der Waals surface area contributed by atoms with Crippen LogP contribution in [0.1, 0.15) is 0 Å². The number of pyridine rings is 1. The van der Waals surface area contributed by atoms with Gasteiger partial charge < -0.3 is 5.11 Å². The lowest BCUT2D eigenvalue weighted by molar-refractivity contribution is 0.475. The van der Waals surface area contributed by atoms with Crippen LogP contribution in [0.15, 0.2) is 47.1 Å². The van der Waals surface area contributed by atoms with E-state index in [2.05, 4.69) is 26.1 Å². The molecular weight excluding hydrogens is 282 g/mol. The van der Waals surface area contributed by atoms with Gasteiger partial charge in [-0.15, -0.1) is 10.2 Å². The van der Waals surface area contributed by atoms with Crippen LogP contribution in [0.2, 0.25) is 0 Å². The smallest absolute Gasteiger partial charge is 0.168 e. The van der Waals surface area contributed by atoms with E-state index in [1.165, 1.54) is 0 Å². The maximum Gasteiger partial charge on any atom is 0.168 e. The molecule has 0 spiro atoms. The quantitative estimate of drug-likeness (QED) is 0.749. The van der Waals surface area contributed by atoms with E-state index in [4.69, 9.17) is 0 Å². The first kappa shape index (κ1) is 10.3. The van der Waals surface area contributed by atoms with Crippen LogP contribution in [0.3, 0.4) is 0 Å².